The van der Waals surface area contributed by atoms with Crippen molar-refractivity contribution < 1.29 is 33.2 Å². The lowest BCUT2D eigenvalue weighted by Gasteiger charge is -2.40. The van der Waals surface area contributed by atoms with Gasteiger partial charge >= 0.3 is 6.18 Å². The summed E-state index contributed by atoms with van der Waals surface area (Å²) in [5, 5.41) is 27.4. The maximum absolute atomic E-state index is 12.3. The van der Waals surface area contributed by atoms with Crippen molar-refractivity contribution in [3.05, 3.63) is 0 Å². The van der Waals surface area contributed by atoms with Gasteiger partial charge in [0.1, 0.15) is 18.1 Å². The number of hydrogen-bond donors (Lipinski definition) is 4. The molecule has 0 aliphatic carbocycles. The second-order valence-electron chi connectivity index (χ2n) is 3.35. The zero-order valence-corrected chi connectivity index (χ0v) is 7.55. The maximum atomic E-state index is 12.3. The minimum absolute atomic E-state index is 0.292. The molecule has 5 N–H and O–H groups in total. The van der Waals surface area contributed by atoms with Gasteiger partial charge in [-0.05, 0) is 0 Å². The highest BCUT2D eigenvalue weighted by atomic mass is 19.4. The predicted molar refractivity (Wildman–Crippen MR) is 41.5 cm³/mol. The quantitative estimate of drug-likeness (QED) is 0.443. The molecule has 5 atom stereocenters. The van der Waals surface area contributed by atoms with Gasteiger partial charge in [-0.25, -0.2) is 0 Å². The topological polar surface area (TPSA) is 95.9 Å². The van der Waals surface area contributed by atoms with Crippen molar-refractivity contribution >= 4 is 0 Å². The van der Waals surface area contributed by atoms with Crippen LogP contribution < -0.4 is 5.73 Å². The normalized spacial score (nSPS) is 43.0. The number of ether oxygens (including phenoxy) is 1. The third-order valence-electron chi connectivity index (χ3n) is 2.33. The van der Waals surface area contributed by atoms with Crippen molar-refractivity contribution in [1.29, 1.82) is 0 Å². The van der Waals surface area contributed by atoms with Crippen LogP contribution in [0.4, 0.5) is 13.2 Å². The molecule has 0 aromatic carbocycles. The number of nitrogens with two attached hydrogens (primary N) is 1. The van der Waals surface area contributed by atoms with Crippen LogP contribution in [0.3, 0.4) is 0 Å². The van der Waals surface area contributed by atoms with Gasteiger partial charge in [0.25, 0.3) is 0 Å². The van der Waals surface area contributed by atoms with Crippen molar-refractivity contribution in [3.8, 4) is 0 Å². The fraction of sp³-hybridized carbons (Fsp3) is 1.00. The first-order valence-corrected chi connectivity index (χ1v) is 4.25. The highest BCUT2D eigenvalue weighted by Gasteiger charge is 2.56. The Morgan fingerprint density at radius 3 is 2.07 bits per heavy atom. The first kappa shape index (κ1) is 12.7. The van der Waals surface area contributed by atoms with Crippen LogP contribution in [-0.2, 0) is 4.74 Å². The summed E-state index contributed by atoms with van der Waals surface area (Å²) >= 11 is 0. The molecule has 5 nitrogen and oxygen atoms in total. The largest absolute Gasteiger partial charge is 0.399 e. The van der Waals surface area contributed by atoms with E-state index in [1.54, 1.807) is 0 Å². The first-order chi connectivity index (χ1) is 6.79. The van der Waals surface area contributed by atoms with E-state index in [4.69, 9.17) is 10.8 Å². The van der Waals surface area contributed by atoms with Crippen LogP contribution in [0.25, 0.3) is 0 Å². The molecule has 1 fully saturated rings. The minimum Gasteiger partial charge on any atom is -0.389 e. The van der Waals surface area contributed by atoms with Crippen LogP contribution in [-0.4, -0.2) is 52.6 Å². The maximum Gasteiger partial charge on any atom is 0.399 e. The molecule has 1 aliphatic rings. The molecule has 90 valence electrons. The summed E-state index contributed by atoms with van der Waals surface area (Å²) in [7, 11) is 0. The van der Waals surface area contributed by atoms with Crippen LogP contribution in [0, 0.1) is 5.92 Å². The van der Waals surface area contributed by atoms with Gasteiger partial charge in [-0.3, -0.25) is 0 Å². The average molecular weight is 231 g/mol. The Labute approximate surface area is 83.3 Å². The summed E-state index contributed by atoms with van der Waals surface area (Å²) in [4.78, 5) is 0. The molecule has 0 aromatic heterocycles. The molecule has 1 saturated heterocycles. The molecule has 0 spiro atoms. The monoisotopic (exact) mass is 231 g/mol. The number of rotatable bonds is 1. The molecule has 1 aliphatic heterocycles. The number of alkyl halides is 3. The van der Waals surface area contributed by atoms with E-state index in [1.807, 2.05) is 0 Å². The molecule has 0 amide bonds. The summed E-state index contributed by atoms with van der Waals surface area (Å²) in [6.45, 7) is -0.292. The van der Waals surface area contributed by atoms with E-state index in [1.165, 1.54) is 0 Å². The van der Waals surface area contributed by atoms with E-state index < -0.39 is 36.7 Å². The van der Waals surface area contributed by atoms with Crippen molar-refractivity contribution in [2.24, 2.45) is 11.7 Å². The number of aliphatic hydroxyl groups excluding tert-OH is 3. The third-order valence-corrected chi connectivity index (χ3v) is 2.33. The van der Waals surface area contributed by atoms with E-state index in [9.17, 15) is 23.4 Å². The molecular weight excluding hydrogens is 219 g/mol. The number of aliphatic hydroxyl groups is 3. The van der Waals surface area contributed by atoms with E-state index >= 15 is 0 Å². The Morgan fingerprint density at radius 2 is 1.67 bits per heavy atom. The second-order valence-corrected chi connectivity index (χ2v) is 3.35. The lowest BCUT2D eigenvalue weighted by Crippen LogP contribution is -2.60. The Bertz CT molecular complexity index is 225. The van der Waals surface area contributed by atoms with Gasteiger partial charge in [0, 0.05) is 6.54 Å². The van der Waals surface area contributed by atoms with Crippen LogP contribution in [0.1, 0.15) is 0 Å². The van der Waals surface area contributed by atoms with E-state index in [0.717, 1.165) is 0 Å². The Kier molecular flexibility index (Phi) is 3.56. The van der Waals surface area contributed by atoms with Crippen LogP contribution in [0.5, 0.6) is 0 Å². The lowest BCUT2D eigenvalue weighted by atomic mass is 9.90. The number of hydrogen-bond acceptors (Lipinski definition) is 5. The van der Waals surface area contributed by atoms with Gasteiger partial charge in [-0.1, -0.05) is 0 Å². The fourth-order valence-electron chi connectivity index (χ4n) is 1.50. The molecule has 0 bridgehead atoms. The molecule has 15 heavy (non-hydrogen) atoms. The Morgan fingerprint density at radius 1 is 1.13 bits per heavy atom. The van der Waals surface area contributed by atoms with Crippen LogP contribution in [0.2, 0.25) is 0 Å². The molecule has 0 saturated carbocycles. The summed E-state index contributed by atoms with van der Waals surface area (Å²) in [6, 6.07) is 0. The molecule has 1 heterocycles. The minimum atomic E-state index is -4.85. The standard InChI is InChI=1S/C7H12F3NO4/c8-7(9,10)3-5(13)4(12)2(1-11)15-6(3)14/h2-6,12-14H,1,11H2/t2?,3-,4?,5?,6?/m1/s1. The Hall–Kier alpha value is -0.410. The average Bonchev–Trinajstić information content (AvgIpc) is 2.09. The molecule has 4 unspecified atom stereocenters. The second kappa shape index (κ2) is 4.22. The van der Waals surface area contributed by atoms with Gasteiger partial charge in [0.2, 0.25) is 0 Å². The molecule has 8 heteroatoms. The van der Waals surface area contributed by atoms with E-state index in [0.29, 0.717) is 0 Å². The zero-order chi connectivity index (χ0) is 11.8. The molecular formula is C7H12F3NO4. The SMILES string of the molecule is NCC1OC(O)[C@H](C(F)(F)F)C(O)C1O. The smallest absolute Gasteiger partial charge is 0.389 e. The van der Waals surface area contributed by atoms with Gasteiger partial charge in [0.05, 0.1) is 6.10 Å². The Balaban J connectivity index is 2.84. The van der Waals surface area contributed by atoms with Gasteiger partial charge < -0.3 is 25.8 Å². The van der Waals surface area contributed by atoms with Crippen molar-refractivity contribution in [3.63, 3.8) is 0 Å². The zero-order valence-electron chi connectivity index (χ0n) is 7.55. The third kappa shape index (κ3) is 2.40. The fourth-order valence-corrected chi connectivity index (χ4v) is 1.50. The summed E-state index contributed by atoms with van der Waals surface area (Å²) in [5.41, 5.74) is 5.08. The van der Waals surface area contributed by atoms with Gasteiger partial charge in [0.15, 0.2) is 6.29 Å². The highest BCUT2D eigenvalue weighted by molar-refractivity contribution is 4.92. The van der Waals surface area contributed by atoms with Gasteiger partial charge in [-0.2, -0.15) is 13.2 Å². The van der Waals surface area contributed by atoms with Crippen molar-refractivity contribution in [1.82, 2.24) is 0 Å². The van der Waals surface area contributed by atoms with Crippen molar-refractivity contribution in [2.75, 3.05) is 6.54 Å². The number of halogens is 3. The van der Waals surface area contributed by atoms with E-state index in [2.05, 4.69) is 4.74 Å². The summed E-state index contributed by atoms with van der Waals surface area (Å²) in [5.74, 6) is -2.52. The molecule has 0 aromatic rings. The van der Waals surface area contributed by atoms with Crippen LogP contribution in [0.15, 0.2) is 0 Å². The highest BCUT2D eigenvalue weighted by Crippen LogP contribution is 2.37. The molecule has 1 rings (SSSR count). The van der Waals surface area contributed by atoms with Crippen molar-refractivity contribution in [2.45, 2.75) is 30.8 Å². The summed E-state index contributed by atoms with van der Waals surface area (Å²) in [6.07, 6.45) is -12.2. The summed E-state index contributed by atoms with van der Waals surface area (Å²) < 4.78 is 41.4. The van der Waals surface area contributed by atoms with Crippen LogP contribution >= 0.6 is 0 Å². The van der Waals surface area contributed by atoms with Gasteiger partial charge in [-0.15, -0.1) is 0 Å². The lowest BCUT2D eigenvalue weighted by molar-refractivity contribution is -0.330. The first-order valence-electron chi connectivity index (χ1n) is 4.25. The van der Waals surface area contributed by atoms with E-state index in [-0.39, 0.29) is 6.54 Å². The molecule has 0 radical (unpaired) electrons. The predicted octanol–water partition coefficient (Wildman–Crippen LogP) is -1.44.